The second-order valence-electron chi connectivity index (χ2n) is 6.44. The Morgan fingerprint density at radius 3 is 2.69 bits per heavy atom. The molecular weight excluding hydrogens is 330 g/mol. The smallest absolute Gasteiger partial charge is 0.323 e. The van der Waals surface area contributed by atoms with Crippen molar-refractivity contribution in [2.24, 2.45) is 0 Å². The molecule has 0 saturated heterocycles. The lowest BCUT2D eigenvalue weighted by molar-refractivity contribution is -0.148. The molecule has 3 aromatic rings. The van der Waals surface area contributed by atoms with Gasteiger partial charge < -0.3 is 4.74 Å². The van der Waals surface area contributed by atoms with Gasteiger partial charge in [0.25, 0.3) is 5.56 Å². The maximum Gasteiger partial charge on any atom is 0.323 e. The number of hydrogen-bond acceptors (Lipinski definition) is 5. The Hall–Kier alpha value is -2.99. The highest BCUT2D eigenvalue weighted by Crippen LogP contribution is 2.24. The molecule has 0 N–H and O–H groups in total. The lowest BCUT2D eigenvalue weighted by atomic mass is 9.94. The Morgan fingerprint density at radius 1 is 1.15 bits per heavy atom. The summed E-state index contributed by atoms with van der Waals surface area (Å²) < 4.78 is 6.54. The van der Waals surface area contributed by atoms with Crippen LogP contribution in [0, 0.1) is 0 Å². The molecular formula is C20H19N3O3. The van der Waals surface area contributed by atoms with Crippen molar-refractivity contribution in [2.75, 3.05) is 7.11 Å². The molecule has 0 fully saturated rings. The van der Waals surface area contributed by atoms with Gasteiger partial charge in [0.2, 0.25) is 0 Å². The minimum atomic E-state index is -0.423. The molecule has 6 heteroatoms. The summed E-state index contributed by atoms with van der Waals surface area (Å²) in [5.74, 6) is -0.290. The second kappa shape index (κ2) is 6.72. The number of benzene rings is 2. The van der Waals surface area contributed by atoms with Crippen LogP contribution in [-0.2, 0) is 29.2 Å². The predicted octanol–water partition coefficient (Wildman–Crippen LogP) is 1.95. The van der Waals surface area contributed by atoms with E-state index in [1.54, 1.807) is 17.0 Å². The van der Waals surface area contributed by atoms with Gasteiger partial charge in [0, 0.05) is 6.54 Å². The number of para-hydroxylation sites is 1. The van der Waals surface area contributed by atoms with Crippen molar-refractivity contribution in [1.29, 1.82) is 0 Å². The van der Waals surface area contributed by atoms with Gasteiger partial charge in [0.15, 0.2) is 0 Å². The topological polar surface area (TPSA) is 64.4 Å². The SMILES string of the molecule is COC(=O)[C@H]1Cc2ccccc2CN1Cn1cnc2ccccc2c1=O. The number of carbonyl (C=O) groups is 1. The molecule has 0 radical (unpaired) electrons. The van der Waals surface area contributed by atoms with E-state index in [4.69, 9.17) is 4.74 Å². The van der Waals surface area contributed by atoms with Gasteiger partial charge in [0.1, 0.15) is 6.04 Å². The number of ether oxygens (including phenoxy) is 1. The van der Waals surface area contributed by atoms with Crippen LogP contribution in [0.2, 0.25) is 0 Å². The number of fused-ring (bicyclic) bond motifs is 2. The summed E-state index contributed by atoms with van der Waals surface area (Å²) in [6, 6.07) is 14.9. The summed E-state index contributed by atoms with van der Waals surface area (Å²) in [5.41, 5.74) is 2.86. The van der Waals surface area contributed by atoms with E-state index in [9.17, 15) is 9.59 Å². The average molecular weight is 349 g/mol. The molecule has 0 amide bonds. The second-order valence-corrected chi connectivity index (χ2v) is 6.44. The highest BCUT2D eigenvalue weighted by Gasteiger charge is 2.32. The minimum Gasteiger partial charge on any atom is -0.468 e. The first-order valence-corrected chi connectivity index (χ1v) is 8.50. The molecule has 0 bridgehead atoms. The zero-order valence-corrected chi connectivity index (χ0v) is 14.5. The summed E-state index contributed by atoms with van der Waals surface area (Å²) in [4.78, 5) is 31.4. The molecule has 0 aliphatic carbocycles. The van der Waals surface area contributed by atoms with E-state index in [0.717, 1.165) is 11.1 Å². The molecule has 0 saturated carbocycles. The maximum absolute atomic E-state index is 12.8. The lowest BCUT2D eigenvalue weighted by Crippen LogP contribution is -2.47. The largest absolute Gasteiger partial charge is 0.468 e. The Labute approximate surface area is 150 Å². The Morgan fingerprint density at radius 2 is 1.88 bits per heavy atom. The van der Waals surface area contributed by atoms with Crippen molar-refractivity contribution in [3.8, 4) is 0 Å². The number of esters is 1. The number of rotatable bonds is 3. The lowest BCUT2D eigenvalue weighted by Gasteiger charge is -2.35. The van der Waals surface area contributed by atoms with Gasteiger partial charge in [-0.2, -0.15) is 0 Å². The van der Waals surface area contributed by atoms with E-state index >= 15 is 0 Å². The van der Waals surface area contributed by atoms with Crippen LogP contribution >= 0.6 is 0 Å². The van der Waals surface area contributed by atoms with Crippen molar-refractivity contribution in [3.63, 3.8) is 0 Å². The van der Waals surface area contributed by atoms with Crippen molar-refractivity contribution in [1.82, 2.24) is 14.5 Å². The van der Waals surface area contributed by atoms with E-state index in [1.807, 2.05) is 41.3 Å². The van der Waals surface area contributed by atoms with Crippen LogP contribution < -0.4 is 5.56 Å². The Bertz CT molecular complexity index is 1030. The molecule has 0 unspecified atom stereocenters. The van der Waals surface area contributed by atoms with Crippen molar-refractivity contribution in [2.45, 2.75) is 25.7 Å². The number of aromatic nitrogens is 2. The van der Waals surface area contributed by atoms with Crippen LogP contribution in [0.3, 0.4) is 0 Å². The molecule has 1 atom stereocenters. The van der Waals surface area contributed by atoms with E-state index in [0.29, 0.717) is 23.9 Å². The van der Waals surface area contributed by atoms with Gasteiger partial charge in [0.05, 0.1) is 31.0 Å². The van der Waals surface area contributed by atoms with E-state index in [-0.39, 0.29) is 18.2 Å². The fourth-order valence-electron chi connectivity index (χ4n) is 3.50. The molecule has 1 aromatic heterocycles. The first kappa shape index (κ1) is 16.5. The molecule has 132 valence electrons. The van der Waals surface area contributed by atoms with E-state index in [1.165, 1.54) is 7.11 Å². The fraction of sp³-hybridized carbons (Fsp3) is 0.250. The quantitative estimate of drug-likeness (QED) is 0.676. The van der Waals surface area contributed by atoms with Crippen molar-refractivity contribution in [3.05, 3.63) is 76.3 Å². The fourth-order valence-corrected chi connectivity index (χ4v) is 3.50. The summed E-state index contributed by atoms with van der Waals surface area (Å²) >= 11 is 0. The third kappa shape index (κ3) is 2.88. The summed E-state index contributed by atoms with van der Waals surface area (Å²) in [6.07, 6.45) is 2.11. The summed E-state index contributed by atoms with van der Waals surface area (Å²) in [5, 5.41) is 0.571. The first-order chi connectivity index (χ1) is 12.7. The number of nitrogens with zero attached hydrogens (tertiary/aromatic N) is 3. The highest BCUT2D eigenvalue weighted by atomic mass is 16.5. The van der Waals surface area contributed by atoms with E-state index in [2.05, 4.69) is 11.1 Å². The van der Waals surface area contributed by atoms with Crippen LogP contribution in [0.5, 0.6) is 0 Å². The molecule has 1 aliphatic rings. The van der Waals surface area contributed by atoms with Crippen LogP contribution in [-0.4, -0.2) is 33.6 Å². The van der Waals surface area contributed by atoms with Gasteiger partial charge in [-0.15, -0.1) is 0 Å². The standard InChI is InChI=1S/C20H19N3O3/c1-26-20(25)18-10-14-6-2-3-7-15(14)11-22(18)13-23-12-21-17-9-5-4-8-16(17)19(23)24/h2-9,12,18H,10-11,13H2,1H3/t18-/m1/s1. The van der Waals surface area contributed by atoms with Gasteiger partial charge in [-0.1, -0.05) is 36.4 Å². The van der Waals surface area contributed by atoms with Crippen molar-refractivity contribution >= 4 is 16.9 Å². The number of hydrogen-bond donors (Lipinski definition) is 0. The molecule has 0 spiro atoms. The van der Waals surface area contributed by atoms with E-state index < -0.39 is 6.04 Å². The average Bonchev–Trinajstić information content (AvgIpc) is 2.69. The minimum absolute atomic E-state index is 0.113. The van der Waals surface area contributed by atoms with Crippen LogP contribution in [0.1, 0.15) is 11.1 Å². The molecule has 4 rings (SSSR count). The molecule has 2 aromatic carbocycles. The third-order valence-electron chi connectivity index (χ3n) is 4.88. The number of methoxy groups -OCH3 is 1. The monoisotopic (exact) mass is 349 g/mol. The summed E-state index contributed by atoms with van der Waals surface area (Å²) in [7, 11) is 1.39. The maximum atomic E-state index is 12.8. The van der Waals surface area contributed by atoms with Gasteiger partial charge >= 0.3 is 5.97 Å². The molecule has 1 aliphatic heterocycles. The van der Waals surface area contributed by atoms with Crippen LogP contribution in [0.15, 0.2) is 59.7 Å². The van der Waals surface area contributed by atoms with Gasteiger partial charge in [-0.05, 0) is 29.7 Å². The van der Waals surface area contributed by atoms with Gasteiger partial charge in [-0.25, -0.2) is 4.98 Å². The normalized spacial score (nSPS) is 17.0. The van der Waals surface area contributed by atoms with Gasteiger partial charge in [-0.3, -0.25) is 19.1 Å². The first-order valence-electron chi connectivity index (χ1n) is 8.50. The summed E-state index contributed by atoms with van der Waals surface area (Å²) in [6.45, 7) is 0.861. The molecule has 6 nitrogen and oxygen atoms in total. The van der Waals surface area contributed by atoms with Crippen LogP contribution in [0.25, 0.3) is 10.9 Å². The predicted molar refractivity (Wildman–Crippen MR) is 97.5 cm³/mol. The number of carbonyl (C=O) groups excluding carboxylic acids is 1. The molecule has 2 heterocycles. The highest BCUT2D eigenvalue weighted by molar-refractivity contribution is 5.77. The molecule has 26 heavy (non-hydrogen) atoms. The zero-order chi connectivity index (χ0) is 18.1. The Balaban J connectivity index is 1.70. The Kier molecular flexibility index (Phi) is 4.26. The van der Waals surface area contributed by atoms with Crippen LogP contribution in [0.4, 0.5) is 0 Å². The third-order valence-corrected chi connectivity index (χ3v) is 4.88. The zero-order valence-electron chi connectivity index (χ0n) is 14.5. The van der Waals surface area contributed by atoms with Crippen molar-refractivity contribution < 1.29 is 9.53 Å².